The normalized spacial score (nSPS) is 19.0. The van der Waals surface area contributed by atoms with Crippen molar-refractivity contribution in [2.75, 3.05) is 18.9 Å². The average Bonchev–Trinajstić information content (AvgIpc) is 2.88. The van der Waals surface area contributed by atoms with Crippen molar-refractivity contribution in [3.63, 3.8) is 0 Å². The van der Waals surface area contributed by atoms with Gasteiger partial charge >= 0.3 is 0 Å². The van der Waals surface area contributed by atoms with Crippen LogP contribution in [0.5, 0.6) is 0 Å². The second kappa shape index (κ2) is 7.22. The summed E-state index contributed by atoms with van der Waals surface area (Å²) in [6, 6.07) is 2.81. The maximum absolute atomic E-state index is 13.9. The van der Waals surface area contributed by atoms with E-state index in [2.05, 4.69) is 5.32 Å². The summed E-state index contributed by atoms with van der Waals surface area (Å²) < 4.78 is 33.2. The van der Waals surface area contributed by atoms with Gasteiger partial charge in [0, 0.05) is 18.9 Å². The maximum atomic E-state index is 13.9. The van der Waals surface area contributed by atoms with Crippen LogP contribution in [0.4, 0.5) is 8.78 Å². The topological polar surface area (TPSA) is 21.3 Å². The number of nitrogens with one attached hydrogen (secondary N) is 1. The van der Waals surface area contributed by atoms with Gasteiger partial charge in [-0.25, -0.2) is 8.78 Å². The molecule has 0 aromatic heterocycles. The summed E-state index contributed by atoms with van der Waals surface area (Å²) in [6.45, 7) is 3.98. The Labute approximate surface area is 116 Å². The fraction of sp³-hybridized carbons (Fsp3) is 0.571. The summed E-state index contributed by atoms with van der Waals surface area (Å²) in [6.07, 6.45) is 2.15. The summed E-state index contributed by atoms with van der Waals surface area (Å²) in [7, 11) is 0. The van der Waals surface area contributed by atoms with Gasteiger partial charge in [-0.2, -0.15) is 0 Å². The molecule has 1 heterocycles. The number of halogens is 2. The largest absolute Gasteiger partial charge is 0.377 e. The molecular formula is C14H19F2NOS. The van der Waals surface area contributed by atoms with Crippen LogP contribution >= 0.6 is 11.8 Å². The first-order valence-electron chi connectivity index (χ1n) is 6.63. The fourth-order valence-corrected chi connectivity index (χ4v) is 3.08. The van der Waals surface area contributed by atoms with Gasteiger partial charge in [-0.3, -0.25) is 0 Å². The van der Waals surface area contributed by atoms with Crippen molar-refractivity contribution < 1.29 is 13.5 Å². The number of hydrogen-bond acceptors (Lipinski definition) is 3. The SMILES string of the molecule is CCNCc1cc(F)c(SCC2CCCO2)c(F)c1. The standard InChI is InChI=1S/C14H19F2NOS/c1-2-17-8-10-6-12(15)14(13(16)7-10)19-9-11-4-3-5-18-11/h6-7,11,17H,2-5,8-9H2,1H3. The molecule has 0 bridgehead atoms. The van der Waals surface area contributed by atoms with Crippen LogP contribution in [0.25, 0.3) is 0 Å². The van der Waals surface area contributed by atoms with E-state index in [0.717, 1.165) is 26.0 Å². The molecule has 1 atom stereocenters. The third kappa shape index (κ3) is 4.16. The molecule has 5 heteroatoms. The Morgan fingerprint density at radius 2 is 2.11 bits per heavy atom. The lowest BCUT2D eigenvalue weighted by Crippen LogP contribution is -2.12. The molecule has 1 aromatic carbocycles. The molecule has 0 radical (unpaired) electrons. The third-order valence-electron chi connectivity index (χ3n) is 3.07. The van der Waals surface area contributed by atoms with Crippen LogP contribution in [-0.4, -0.2) is 25.0 Å². The monoisotopic (exact) mass is 287 g/mol. The van der Waals surface area contributed by atoms with Crippen LogP contribution in [0.3, 0.4) is 0 Å². The lowest BCUT2D eigenvalue weighted by Gasteiger charge is -2.11. The summed E-state index contributed by atoms with van der Waals surface area (Å²) in [5.74, 6) is -0.341. The molecule has 19 heavy (non-hydrogen) atoms. The summed E-state index contributed by atoms with van der Waals surface area (Å²) in [5, 5.41) is 3.06. The molecule has 2 rings (SSSR count). The van der Waals surface area contributed by atoms with Crippen molar-refractivity contribution in [1.29, 1.82) is 0 Å². The molecule has 0 spiro atoms. The van der Waals surface area contributed by atoms with Gasteiger partial charge in [0.05, 0.1) is 11.0 Å². The molecule has 1 N–H and O–H groups in total. The molecule has 0 saturated carbocycles. The highest BCUT2D eigenvalue weighted by atomic mass is 32.2. The van der Waals surface area contributed by atoms with Crippen LogP contribution in [0.2, 0.25) is 0 Å². The number of rotatable bonds is 6. The molecule has 1 aliphatic rings. The van der Waals surface area contributed by atoms with E-state index in [1.807, 2.05) is 6.92 Å². The van der Waals surface area contributed by atoms with E-state index in [-0.39, 0.29) is 11.0 Å². The number of thioether (sulfide) groups is 1. The Morgan fingerprint density at radius 1 is 1.37 bits per heavy atom. The zero-order valence-corrected chi connectivity index (χ0v) is 11.9. The van der Waals surface area contributed by atoms with Crippen LogP contribution in [0, 0.1) is 11.6 Å². The summed E-state index contributed by atoms with van der Waals surface area (Å²) in [4.78, 5) is 0.107. The Bertz CT molecular complexity index is 399. The molecule has 0 aliphatic carbocycles. The van der Waals surface area contributed by atoms with Gasteiger partial charge in [-0.15, -0.1) is 11.8 Å². The van der Waals surface area contributed by atoms with E-state index in [4.69, 9.17) is 4.74 Å². The Hall–Kier alpha value is -0.650. The van der Waals surface area contributed by atoms with E-state index in [1.54, 1.807) is 0 Å². The summed E-state index contributed by atoms with van der Waals surface area (Å²) in [5.41, 5.74) is 0.637. The van der Waals surface area contributed by atoms with Gasteiger partial charge in [-0.1, -0.05) is 6.92 Å². The van der Waals surface area contributed by atoms with Gasteiger partial charge in [-0.05, 0) is 37.1 Å². The van der Waals surface area contributed by atoms with E-state index in [1.165, 1.54) is 23.9 Å². The van der Waals surface area contributed by atoms with Gasteiger partial charge in [0.1, 0.15) is 11.6 Å². The van der Waals surface area contributed by atoms with Crippen molar-refractivity contribution >= 4 is 11.8 Å². The van der Waals surface area contributed by atoms with Gasteiger partial charge < -0.3 is 10.1 Å². The van der Waals surface area contributed by atoms with E-state index in [0.29, 0.717) is 17.9 Å². The molecule has 106 valence electrons. The first kappa shape index (κ1) is 14.8. The minimum absolute atomic E-state index is 0.107. The molecular weight excluding hydrogens is 268 g/mol. The predicted molar refractivity (Wildman–Crippen MR) is 73.4 cm³/mol. The van der Waals surface area contributed by atoms with Crippen LogP contribution in [0.1, 0.15) is 25.3 Å². The highest BCUT2D eigenvalue weighted by molar-refractivity contribution is 7.99. The zero-order valence-electron chi connectivity index (χ0n) is 11.0. The van der Waals surface area contributed by atoms with Crippen molar-refractivity contribution in [3.8, 4) is 0 Å². The molecule has 1 aliphatic heterocycles. The Morgan fingerprint density at radius 3 is 2.68 bits per heavy atom. The minimum atomic E-state index is -0.476. The van der Waals surface area contributed by atoms with Crippen LogP contribution in [0.15, 0.2) is 17.0 Å². The lowest BCUT2D eigenvalue weighted by molar-refractivity contribution is 0.129. The Kier molecular flexibility index (Phi) is 5.60. The highest BCUT2D eigenvalue weighted by Crippen LogP contribution is 2.29. The summed E-state index contributed by atoms with van der Waals surface area (Å²) >= 11 is 1.21. The van der Waals surface area contributed by atoms with Crippen molar-refractivity contribution in [1.82, 2.24) is 5.32 Å². The zero-order chi connectivity index (χ0) is 13.7. The number of ether oxygens (including phenoxy) is 1. The maximum Gasteiger partial charge on any atom is 0.140 e. The number of benzene rings is 1. The molecule has 1 unspecified atom stereocenters. The van der Waals surface area contributed by atoms with Gasteiger partial charge in [0.25, 0.3) is 0 Å². The lowest BCUT2D eigenvalue weighted by atomic mass is 10.2. The van der Waals surface area contributed by atoms with Gasteiger partial charge in [0.15, 0.2) is 0 Å². The average molecular weight is 287 g/mol. The molecule has 0 amide bonds. The molecule has 1 saturated heterocycles. The fourth-order valence-electron chi connectivity index (χ4n) is 2.07. The highest BCUT2D eigenvalue weighted by Gasteiger charge is 2.18. The second-order valence-electron chi connectivity index (χ2n) is 4.61. The van der Waals surface area contributed by atoms with Crippen LogP contribution < -0.4 is 5.32 Å². The molecule has 1 fully saturated rings. The predicted octanol–water partition coefficient (Wildman–Crippen LogP) is 3.35. The molecule has 2 nitrogen and oxygen atoms in total. The third-order valence-corrected chi connectivity index (χ3v) is 4.29. The van der Waals surface area contributed by atoms with Gasteiger partial charge in [0.2, 0.25) is 0 Å². The van der Waals surface area contributed by atoms with E-state index >= 15 is 0 Å². The van der Waals surface area contributed by atoms with Crippen molar-refractivity contribution in [2.45, 2.75) is 37.3 Å². The smallest absolute Gasteiger partial charge is 0.140 e. The van der Waals surface area contributed by atoms with E-state index in [9.17, 15) is 8.78 Å². The van der Waals surface area contributed by atoms with Crippen molar-refractivity contribution in [2.24, 2.45) is 0 Å². The minimum Gasteiger partial charge on any atom is -0.377 e. The Balaban J connectivity index is 1.99. The van der Waals surface area contributed by atoms with Crippen molar-refractivity contribution in [3.05, 3.63) is 29.3 Å². The number of hydrogen-bond donors (Lipinski definition) is 1. The van der Waals surface area contributed by atoms with E-state index < -0.39 is 11.6 Å². The first-order chi connectivity index (χ1) is 9.20. The first-order valence-corrected chi connectivity index (χ1v) is 7.62. The van der Waals surface area contributed by atoms with Crippen LogP contribution in [-0.2, 0) is 11.3 Å². The molecule has 1 aromatic rings. The quantitative estimate of drug-likeness (QED) is 0.811. The second-order valence-corrected chi connectivity index (χ2v) is 5.65.